The van der Waals surface area contributed by atoms with E-state index in [-0.39, 0.29) is 42.1 Å². The predicted octanol–water partition coefficient (Wildman–Crippen LogP) is 0.459. The average molecular weight is 369 g/mol. The van der Waals surface area contributed by atoms with E-state index in [2.05, 4.69) is 4.72 Å². The third-order valence-electron chi connectivity index (χ3n) is 4.12. The molecule has 2 rings (SSSR count). The van der Waals surface area contributed by atoms with Gasteiger partial charge in [-0.15, -0.1) is 0 Å². The predicted molar refractivity (Wildman–Crippen MR) is 91.2 cm³/mol. The molecular weight excluding hydrogens is 349 g/mol. The standard InChI is InChI=1S/C15H20BNO7S/c1-17-25(22,23)7-3-5-12(18)9-11-8-10-4-2-6-13(15(19)20)14(10)24-16(11)21/h2,4,6,11,17,21H,3,5,7-9H2,1H3,(H,19,20)/t11-/m1/s1. The Labute approximate surface area is 146 Å². The van der Waals surface area contributed by atoms with Gasteiger partial charge in [0.05, 0.1) is 11.3 Å². The molecule has 0 spiro atoms. The van der Waals surface area contributed by atoms with E-state index in [1.807, 2.05) is 0 Å². The zero-order valence-corrected chi connectivity index (χ0v) is 14.6. The van der Waals surface area contributed by atoms with Gasteiger partial charge in [0.15, 0.2) is 0 Å². The van der Waals surface area contributed by atoms with Gasteiger partial charge >= 0.3 is 13.1 Å². The quantitative estimate of drug-likeness (QED) is 0.568. The fourth-order valence-electron chi connectivity index (χ4n) is 2.78. The van der Waals surface area contributed by atoms with Gasteiger partial charge < -0.3 is 14.8 Å². The van der Waals surface area contributed by atoms with Crippen molar-refractivity contribution in [1.29, 1.82) is 0 Å². The molecule has 136 valence electrons. The molecule has 25 heavy (non-hydrogen) atoms. The van der Waals surface area contributed by atoms with Gasteiger partial charge in [-0.2, -0.15) is 0 Å². The summed E-state index contributed by atoms with van der Waals surface area (Å²) in [5, 5.41) is 19.2. The molecule has 1 heterocycles. The Hall–Kier alpha value is -1.91. The molecule has 0 aromatic heterocycles. The Kier molecular flexibility index (Phi) is 6.20. The van der Waals surface area contributed by atoms with Gasteiger partial charge in [0.2, 0.25) is 10.0 Å². The first-order valence-corrected chi connectivity index (χ1v) is 9.51. The molecular formula is C15H20BNO7S. The van der Waals surface area contributed by atoms with Crippen LogP contribution in [0.5, 0.6) is 5.75 Å². The molecule has 0 radical (unpaired) electrons. The van der Waals surface area contributed by atoms with Crippen LogP contribution in [0.25, 0.3) is 0 Å². The number of Topliss-reactive ketones (excluding diaryl/α,β-unsaturated/α-hetero) is 1. The lowest BCUT2D eigenvalue weighted by Gasteiger charge is -2.28. The number of carboxylic acids is 1. The van der Waals surface area contributed by atoms with Gasteiger partial charge in [-0.25, -0.2) is 17.9 Å². The van der Waals surface area contributed by atoms with Gasteiger partial charge in [0.25, 0.3) is 0 Å². The molecule has 1 atom stereocenters. The summed E-state index contributed by atoms with van der Waals surface area (Å²) in [5.41, 5.74) is 0.597. The maximum atomic E-state index is 12.0. The van der Waals surface area contributed by atoms with Crippen molar-refractivity contribution in [3.8, 4) is 5.75 Å². The van der Waals surface area contributed by atoms with E-state index in [1.54, 1.807) is 12.1 Å². The van der Waals surface area contributed by atoms with Crippen molar-refractivity contribution in [3.05, 3.63) is 29.3 Å². The van der Waals surface area contributed by atoms with Crippen molar-refractivity contribution in [1.82, 2.24) is 4.72 Å². The van der Waals surface area contributed by atoms with Crippen LogP contribution in [0, 0.1) is 0 Å². The summed E-state index contributed by atoms with van der Waals surface area (Å²) in [7, 11) is -3.31. The summed E-state index contributed by atoms with van der Waals surface area (Å²) in [5.74, 6) is -1.82. The van der Waals surface area contributed by atoms with Gasteiger partial charge in [-0.1, -0.05) is 12.1 Å². The van der Waals surface area contributed by atoms with Crippen molar-refractivity contribution in [3.63, 3.8) is 0 Å². The van der Waals surface area contributed by atoms with Crippen molar-refractivity contribution in [2.24, 2.45) is 0 Å². The highest BCUT2D eigenvalue weighted by molar-refractivity contribution is 7.89. The number of rotatable bonds is 8. The number of carbonyl (C=O) groups excluding carboxylic acids is 1. The zero-order chi connectivity index (χ0) is 18.6. The molecule has 0 unspecified atom stereocenters. The van der Waals surface area contributed by atoms with E-state index in [4.69, 9.17) is 9.76 Å². The van der Waals surface area contributed by atoms with E-state index < -0.39 is 28.9 Å². The minimum Gasteiger partial charge on any atom is -0.535 e. The topological polar surface area (TPSA) is 130 Å². The number of hydrogen-bond acceptors (Lipinski definition) is 6. The second kappa shape index (κ2) is 7.98. The molecule has 0 bridgehead atoms. The molecule has 10 heteroatoms. The summed E-state index contributed by atoms with van der Waals surface area (Å²) < 4.78 is 30.1. The fourth-order valence-corrected chi connectivity index (χ4v) is 3.51. The summed E-state index contributed by atoms with van der Waals surface area (Å²) in [4.78, 5) is 23.2. The highest BCUT2D eigenvalue weighted by Crippen LogP contribution is 2.36. The molecule has 3 N–H and O–H groups in total. The van der Waals surface area contributed by atoms with Crippen LogP contribution in [0.4, 0.5) is 0 Å². The van der Waals surface area contributed by atoms with Crippen LogP contribution in [-0.4, -0.2) is 50.2 Å². The lowest BCUT2D eigenvalue weighted by atomic mass is 9.64. The minimum atomic E-state index is -3.34. The van der Waals surface area contributed by atoms with E-state index in [9.17, 15) is 23.0 Å². The summed E-state index contributed by atoms with van der Waals surface area (Å²) in [6.45, 7) is 0. The highest BCUT2D eigenvalue weighted by atomic mass is 32.2. The van der Waals surface area contributed by atoms with E-state index in [0.29, 0.717) is 12.0 Å². The van der Waals surface area contributed by atoms with E-state index in [0.717, 1.165) is 0 Å². The van der Waals surface area contributed by atoms with Gasteiger partial charge in [0, 0.05) is 18.7 Å². The number of sulfonamides is 1. The number of aromatic carboxylic acids is 1. The lowest BCUT2D eigenvalue weighted by Crippen LogP contribution is -2.35. The highest BCUT2D eigenvalue weighted by Gasteiger charge is 2.37. The Balaban J connectivity index is 1.97. The molecule has 8 nitrogen and oxygen atoms in total. The number of carboxylic acid groups (broad SMARTS) is 1. The van der Waals surface area contributed by atoms with Crippen LogP contribution in [0.1, 0.15) is 35.2 Å². The largest absolute Gasteiger partial charge is 0.535 e. The molecule has 1 aliphatic rings. The van der Waals surface area contributed by atoms with Crippen LogP contribution in [0.2, 0.25) is 5.82 Å². The first-order valence-electron chi connectivity index (χ1n) is 7.86. The van der Waals surface area contributed by atoms with Crippen LogP contribution < -0.4 is 9.38 Å². The van der Waals surface area contributed by atoms with Crippen LogP contribution in [-0.2, 0) is 21.2 Å². The molecule has 1 aromatic carbocycles. The third kappa shape index (κ3) is 5.04. The number of benzene rings is 1. The Morgan fingerprint density at radius 1 is 1.40 bits per heavy atom. The first-order chi connectivity index (χ1) is 11.7. The Morgan fingerprint density at radius 3 is 2.76 bits per heavy atom. The number of ketones is 1. The normalized spacial score (nSPS) is 16.9. The zero-order valence-electron chi connectivity index (χ0n) is 13.8. The molecule has 0 fully saturated rings. The van der Waals surface area contributed by atoms with Crippen molar-refractivity contribution in [2.45, 2.75) is 31.5 Å². The molecule has 0 amide bonds. The number of carbonyl (C=O) groups is 2. The molecule has 1 aliphatic heterocycles. The second-order valence-electron chi connectivity index (χ2n) is 5.94. The van der Waals surface area contributed by atoms with Gasteiger partial charge in [-0.3, -0.25) is 4.79 Å². The van der Waals surface area contributed by atoms with Gasteiger partial charge in [0.1, 0.15) is 11.5 Å². The van der Waals surface area contributed by atoms with Crippen molar-refractivity contribution < 1.29 is 32.8 Å². The maximum Gasteiger partial charge on any atom is 0.526 e. The number of fused-ring (bicyclic) bond motifs is 1. The number of para-hydroxylation sites is 1. The third-order valence-corrected chi connectivity index (χ3v) is 5.57. The van der Waals surface area contributed by atoms with Crippen LogP contribution >= 0.6 is 0 Å². The summed E-state index contributed by atoms with van der Waals surface area (Å²) >= 11 is 0. The second-order valence-corrected chi connectivity index (χ2v) is 7.99. The average Bonchev–Trinajstić information content (AvgIpc) is 2.54. The molecule has 0 saturated heterocycles. The maximum absolute atomic E-state index is 12.0. The smallest absolute Gasteiger partial charge is 0.526 e. The first kappa shape index (κ1) is 19.4. The molecule has 1 aromatic rings. The van der Waals surface area contributed by atoms with Crippen LogP contribution in [0.15, 0.2) is 18.2 Å². The molecule has 0 aliphatic carbocycles. The van der Waals surface area contributed by atoms with E-state index >= 15 is 0 Å². The summed E-state index contributed by atoms with van der Waals surface area (Å²) in [6, 6.07) is 4.68. The number of hydrogen-bond donors (Lipinski definition) is 3. The van der Waals surface area contributed by atoms with E-state index in [1.165, 1.54) is 13.1 Å². The Bertz CT molecular complexity index is 765. The SMILES string of the molecule is CNS(=O)(=O)CCCC(=O)C[C@H]1Cc2cccc(C(=O)O)c2OB1O. The fraction of sp³-hybridized carbons (Fsp3) is 0.467. The summed E-state index contributed by atoms with van der Waals surface area (Å²) in [6.07, 6.45) is 0.646. The van der Waals surface area contributed by atoms with Crippen molar-refractivity contribution in [2.75, 3.05) is 12.8 Å². The minimum absolute atomic E-state index is 0.0291. The van der Waals surface area contributed by atoms with Crippen LogP contribution in [0.3, 0.4) is 0 Å². The number of nitrogens with one attached hydrogen (secondary N) is 1. The lowest BCUT2D eigenvalue weighted by molar-refractivity contribution is -0.119. The molecule has 0 saturated carbocycles. The monoisotopic (exact) mass is 369 g/mol. The van der Waals surface area contributed by atoms with Crippen molar-refractivity contribution >= 4 is 28.9 Å². The van der Waals surface area contributed by atoms with Gasteiger partial charge in [-0.05, 0) is 31.5 Å². The Morgan fingerprint density at radius 2 is 2.12 bits per heavy atom.